The fraction of sp³-hybridized carbons (Fsp3) is 0.167. The predicted octanol–water partition coefficient (Wildman–Crippen LogP) is 5.47. The molecule has 0 aliphatic carbocycles. The number of benzene rings is 2. The Kier molecular flexibility index (Phi) is 7.49. The van der Waals surface area contributed by atoms with Crippen molar-refractivity contribution in [2.24, 2.45) is 12.0 Å². The van der Waals surface area contributed by atoms with Gasteiger partial charge >= 0.3 is 6.18 Å². The number of ether oxygens (including phenoxy) is 1. The van der Waals surface area contributed by atoms with Crippen LogP contribution in [-0.2, 0) is 19.6 Å². The van der Waals surface area contributed by atoms with Crippen molar-refractivity contribution < 1.29 is 31.5 Å². The monoisotopic (exact) mass is 552 g/mol. The van der Waals surface area contributed by atoms with E-state index in [0.717, 1.165) is 16.9 Å². The summed E-state index contributed by atoms with van der Waals surface area (Å²) in [5, 5.41) is 12.3. The average Bonchev–Trinajstić information content (AvgIpc) is 3.48. The Hall–Kier alpha value is -4.26. The largest absolute Gasteiger partial charge is 0.494 e. The third-order valence-corrected chi connectivity index (χ3v) is 5.49. The molecule has 38 heavy (non-hydrogen) atoms. The van der Waals surface area contributed by atoms with Crippen molar-refractivity contribution in [1.82, 2.24) is 25.3 Å². The van der Waals surface area contributed by atoms with Gasteiger partial charge in [0.2, 0.25) is 0 Å². The van der Waals surface area contributed by atoms with E-state index in [1.807, 2.05) is 0 Å². The van der Waals surface area contributed by atoms with E-state index in [2.05, 4.69) is 25.6 Å². The van der Waals surface area contributed by atoms with Gasteiger partial charge in [0.15, 0.2) is 17.3 Å². The SMILES string of the molecule is COc1ccc(-c2cc(CC(=Nc3ccc(F)c(Cl)c3)NC(=O)c3cn(C)nc3C(F)(F)F)[nH]n2)cc1F. The molecule has 0 unspecified atom stereocenters. The molecule has 198 valence electrons. The van der Waals surface area contributed by atoms with Gasteiger partial charge in [0.05, 0.1) is 29.1 Å². The van der Waals surface area contributed by atoms with E-state index in [0.29, 0.717) is 17.0 Å². The minimum absolute atomic E-state index is 0.0493. The topological polar surface area (TPSA) is 97.2 Å². The molecule has 0 fully saturated rings. The molecule has 2 heterocycles. The molecule has 8 nitrogen and oxygen atoms in total. The summed E-state index contributed by atoms with van der Waals surface area (Å²) in [6, 6.07) is 9.29. The van der Waals surface area contributed by atoms with E-state index in [-0.39, 0.29) is 28.7 Å². The van der Waals surface area contributed by atoms with E-state index >= 15 is 0 Å². The van der Waals surface area contributed by atoms with E-state index < -0.39 is 35.0 Å². The molecule has 0 spiro atoms. The molecule has 0 radical (unpaired) electrons. The van der Waals surface area contributed by atoms with Crippen molar-refractivity contribution >= 4 is 29.0 Å². The molecule has 0 saturated carbocycles. The molecule has 4 aromatic rings. The number of alkyl halides is 3. The van der Waals surface area contributed by atoms with Crippen LogP contribution in [0.15, 0.2) is 53.7 Å². The van der Waals surface area contributed by atoms with Gasteiger partial charge in [-0.2, -0.15) is 23.4 Å². The van der Waals surface area contributed by atoms with Crippen molar-refractivity contribution in [2.45, 2.75) is 12.6 Å². The summed E-state index contributed by atoms with van der Waals surface area (Å²) in [6.07, 6.45) is -4.09. The molecule has 14 heteroatoms. The van der Waals surface area contributed by atoms with Gasteiger partial charge in [-0.3, -0.25) is 14.6 Å². The van der Waals surface area contributed by atoms with Crippen LogP contribution in [0.2, 0.25) is 5.02 Å². The molecular weight excluding hydrogens is 535 g/mol. The molecule has 4 rings (SSSR count). The summed E-state index contributed by atoms with van der Waals surface area (Å²) in [7, 11) is 2.58. The highest BCUT2D eigenvalue weighted by molar-refractivity contribution is 6.31. The maximum atomic E-state index is 14.1. The molecule has 0 aliphatic heterocycles. The van der Waals surface area contributed by atoms with Crippen LogP contribution in [-0.4, -0.2) is 38.8 Å². The van der Waals surface area contributed by atoms with Crippen LogP contribution in [0.5, 0.6) is 5.75 Å². The number of carbonyl (C=O) groups is 1. The zero-order valence-electron chi connectivity index (χ0n) is 19.7. The molecule has 2 aromatic carbocycles. The van der Waals surface area contributed by atoms with Crippen molar-refractivity contribution in [3.05, 3.63) is 82.3 Å². The summed E-state index contributed by atoms with van der Waals surface area (Å²) in [5.41, 5.74) is -0.806. The predicted molar refractivity (Wildman–Crippen MR) is 128 cm³/mol. The van der Waals surface area contributed by atoms with Crippen LogP contribution in [0.1, 0.15) is 21.7 Å². The number of nitrogens with zero attached hydrogens (tertiary/aromatic N) is 4. The van der Waals surface area contributed by atoms with Crippen LogP contribution in [0.25, 0.3) is 11.3 Å². The first-order valence-corrected chi connectivity index (χ1v) is 11.2. The Morgan fingerprint density at radius 1 is 1.16 bits per heavy atom. The van der Waals surface area contributed by atoms with E-state index in [1.165, 1.54) is 38.4 Å². The van der Waals surface area contributed by atoms with Gasteiger partial charge in [-0.15, -0.1) is 0 Å². The van der Waals surface area contributed by atoms with Crippen molar-refractivity contribution in [3.63, 3.8) is 0 Å². The van der Waals surface area contributed by atoms with Crippen LogP contribution >= 0.6 is 11.6 Å². The number of rotatable bonds is 6. The van der Waals surface area contributed by atoms with E-state index in [9.17, 15) is 26.7 Å². The fourth-order valence-corrected chi connectivity index (χ4v) is 3.67. The maximum absolute atomic E-state index is 14.1. The van der Waals surface area contributed by atoms with E-state index in [4.69, 9.17) is 16.3 Å². The molecule has 0 bridgehead atoms. The van der Waals surface area contributed by atoms with Crippen LogP contribution in [0, 0.1) is 11.6 Å². The first-order valence-electron chi connectivity index (χ1n) is 10.8. The Labute approximate surface area is 217 Å². The van der Waals surface area contributed by atoms with Gasteiger partial charge in [0, 0.05) is 30.9 Å². The zero-order chi connectivity index (χ0) is 27.6. The highest BCUT2D eigenvalue weighted by Crippen LogP contribution is 2.31. The quantitative estimate of drug-likeness (QED) is 0.188. The van der Waals surface area contributed by atoms with Crippen molar-refractivity contribution in [1.29, 1.82) is 0 Å². The smallest absolute Gasteiger partial charge is 0.435 e. The molecule has 0 atom stereocenters. The number of halogens is 6. The Morgan fingerprint density at radius 2 is 1.92 bits per heavy atom. The summed E-state index contributed by atoms with van der Waals surface area (Å²) >= 11 is 5.81. The fourth-order valence-electron chi connectivity index (χ4n) is 3.49. The number of aliphatic imine (C=N–C) groups is 1. The van der Waals surface area contributed by atoms with Crippen LogP contribution in [0.4, 0.5) is 27.6 Å². The first-order chi connectivity index (χ1) is 17.9. The number of carbonyl (C=O) groups excluding carboxylic acids is 1. The lowest BCUT2D eigenvalue weighted by molar-refractivity contribution is -0.141. The number of amidine groups is 1. The number of methoxy groups -OCH3 is 1. The second-order valence-electron chi connectivity index (χ2n) is 7.98. The van der Waals surface area contributed by atoms with Crippen LogP contribution in [0.3, 0.4) is 0 Å². The lowest BCUT2D eigenvalue weighted by Gasteiger charge is -2.10. The van der Waals surface area contributed by atoms with Crippen molar-refractivity contribution in [2.75, 3.05) is 7.11 Å². The third-order valence-electron chi connectivity index (χ3n) is 5.20. The molecule has 2 aromatic heterocycles. The van der Waals surface area contributed by atoms with Crippen molar-refractivity contribution in [3.8, 4) is 17.0 Å². The normalized spacial score (nSPS) is 12.1. The van der Waals surface area contributed by atoms with Gasteiger partial charge in [-0.05, 0) is 42.5 Å². The standard InChI is InChI=1S/C24H18ClF5N6O2/c1-36-11-15(22(35-36)24(28,29)30)23(37)32-21(31-13-4-5-17(26)16(25)8-13)10-14-9-19(34-33-14)12-3-6-20(38-2)18(27)7-12/h3-9,11H,10H2,1-2H3,(H,33,34)(H,31,32,37). The highest BCUT2D eigenvalue weighted by atomic mass is 35.5. The zero-order valence-corrected chi connectivity index (χ0v) is 20.5. The van der Waals surface area contributed by atoms with Crippen LogP contribution < -0.4 is 10.1 Å². The Morgan fingerprint density at radius 3 is 2.58 bits per heavy atom. The van der Waals surface area contributed by atoms with Gasteiger partial charge in [-0.25, -0.2) is 13.8 Å². The minimum atomic E-state index is -4.87. The number of aromatic nitrogens is 4. The third kappa shape index (κ3) is 5.99. The number of aryl methyl sites for hydroxylation is 1. The van der Waals surface area contributed by atoms with Gasteiger partial charge < -0.3 is 10.1 Å². The molecule has 1 amide bonds. The number of hydrogen-bond acceptors (Lipinski definition) is 5. The minimum Gasteiger partial charge on any atom is -0.494 e. The number of aromatic amines is 1. The van der Waals surface area contributed by atoms with Gasteiger partial charge in [-0.1, -0.05) is 11.6 Å². The Balaban J connectivity index is 1.66. The number of amides is 1. The Bertz CT molecular complexity index is 1530. The van der Waals surface area contributed by atoms with Gasteiger partial charge in [0.25, 0.3) is 5.91 Å². The lowest BCUT2D eigenvalue weighted by atomic mass is 10.1. The lowest BCUT2D eigenvalue weighted by Crippen LogP contribution is -2.33. The highest BCUT2D eigenvalue weighted by Gasteiger charge is 2.39. The second kappa shape index (κ2) is 10.6. The average molecular weight is 553 g/mol. The molecule has 2 N–H and O–H groups in total. The van der Waals surface area contributed by atoms with Gasteiger partial charge in [0.1, 0.15) is 11.7 Å². The number of hydrogen-bond donors (Lipinski definition) is 2. The number of nitrogens with one attached hydrogen (secondary N) is 2. The van der Waals surface area contributed by atoms with E-state index in [1.54, 1.807) is 12.1 Å². The molecule has 0 aliphatic rings. The maximum Gasteiger partial charge on any atom is 0.435 e. The number of H-pyrrole nitrogens is 1. The molecular formula is C24H18ClF5N6O2. The summed E-state index contributed by atoms with van der Waals surface area (Å²) in [4.78, 5) is 17.1. The molecule has 0 saturated heterocycles. The summed E-state index contributed by atoms with van der Waals surface area (Å²) in [6.45, 7) is 0. The first kappa shape index (κ1) is 26.8. The summed E-state index contributed by atoms with van der Waals surface area (Å²) in [5.74, 6) is -2.48. The summed E-state index contributed by atoms with van der Waals surface area (Å²) < 4.78 is 73.7. The second-order valence-corrected chi connectivity index (χ2v) is 8.39.